The predicted octanol–water partition coefficient (Wildman–Crippen LogP) is 7.53. The number of aliphatic carboxylic acids is 1. The van der Waals surface area contributed by atoms with Crippen LogP contribution < -0.4 is 5.32 Å². The number of nitrogens with one attached hydrogen (secondary N) is 1. The summed E-state index contributed by atoms with van der Waals surface area (Å²) in [5.74, 6) is -2.19. The second kappa shape index (κ2) is 11.6. The molecular weight excluding hydrogens is 535 g/mol. The monoisotopic (exact) mass is 566 g/mol. The lowest BCUT2D eigenvalue weighted by molar-refractivity contribution is -0.137. The molecule has 39 heavy (non-hydrogen) atoms. The van der Waals surface area contributed by atoms with Gasteiger partial charge in [-0.15, -0.1) is 0 Å². The number of carbonyl (C=O) groups excluding carboxylic acids is 2. The lowest BCUT2D eigenvalue weighted by Crippen LogP contribution is -2.42. The largest absolute Gasteiger partial charge is 0.481 e. The first-order valence-corrected chi connectivity index (χ1v) is 14.3. The fourth-order valence-electron chi connectivity index (χ4n) is 6.37. The number of carboxylic acids is 1. The number of likely N-dealkylation sites (tertiary alicyclic amines) is 1. The van der Waals surface area contributed by atoms with Crippen molar-refractivity contribution in [2.45, 2.75) is 57.3 Å². The smallest absolute Gasteiger partial charge is 0.303 e. The molecule has 6 nitrogen and oxygen atoms in total. The van der Waals surface area contributed by atoms with Gasteiger partial charge in [0, 0.05) is 30.5 Å². The minimum atomic E-state index is -0.994. The molecule has 3 aromatic carbocycles. The van der Waals surface area contributed by atoms with Gasteiger partial charge < -0.3 is 15.3 Å². The van der Waals surface area contributed by atoms with E-state index in [0.29, 0.717) is 23.5 Å². The van der Waals surface area contributed by atoms with Crippen molar-refractivity contribution < 1.29 is 19.5 Å². The van der Waals surface area contributed by atoms with Gasteiger partial charge in [-0.05, 0) is 59.6 Å². The normalized spacial score (nSPS) is 17.3. The summed E-state index contributed by atoms with van der Waals surface area (Å²) in [6.45, 7) is 1.33. The van der Waals surface area contributed by atoms with Crippen LogP contribution in [0, 0.1) is 5.41 Å². The lowest BCUT2D eigenvalue weighted by Gasteiger charge is -2.39. The molecule has 2 amide bonds. The highest BCUT2D eigenvalue weighted by Crippen LogP contribution is 2.46. The second-order valence-electron chi connectivity index (χ2n) is 10.9. The van der Waals surface area contributed by atoms with Crippen molar-refractivity contribution >= 4 is 57.4 Å². The average Bonchev–Trinajstić information content (AvgIpc) is 3.37. The lowest BCUT2D eigenvalue weighted by atomic mass is 9.77. The number of halogens is 2. The van der Waals surface area contributed by atoms with Crippen LogP contribution in [-0.4, -0.2) is 40.9 Å². The average molecular weight is 568 g/mol. The van der Waals surface area contributed by atoms with Crippen LogP contribution >= 0.6 is 23.2 Å². The summed E-state index contributed by atoms with van der Waals surface area (Å²) in [6, 6.07) is 16.4. The number of rotatable bonds is 7. The van der Waals surface area contributed by atoms with Gasteiger partial charge in [0.2, 0.25) is 5.91 Å². The van der Waals surface area contributed by atoms with Gasteiger partial charge in [-0.2, -0.15) is 0 Å². The van der Waals surface area contributed by atoms with Crippen molar-refractivity contribution in [1.29, 1.82) is 0 Å². The molecule has 2 fully saturated rings. The van der Waals surface area contributed by atoms with Crippen LogP contribution in [0.25, 0.3) is 10.8 Å². The molecule has 1 unspecified atom stereocenters. The second-order valence-corrected chi connectivity index (χ2v) is 11.8. The minimum Gasteiger partial charge on any atom is -0.481 e. The maximum atomic E-state index is 13.6. The number of piperidine rings is 1. The summed E-state index contributed by atoms with van der Waals surface area (Å²) < 4.78 is 0. The van der Waals surface area contributed by atoms with Gasteiger partial charge in [-0.3, -0.25) is 14.4 Å². The maximum absolute atomic E-state index is 13.6. The molecule has 2 aliphatic rings. The molecule has 2 N–H and O–H groups in total. The highest BCUT2D eigenvalue weighted by molar-refractivity contribution is 6.38. The third-order valence-electron chi connectivity index (χ3n) is 8.44. The number of hydrogen-bond acceptors (Lipinski definition) is 3. The zero-order chi connectivity index (χ0) is 27.6. The summed E-state index contributed by atoms with van der Waals surface area (Å²) in [5, 5.41) is 14.8. The first-order chi connectivity index (χ1) is 18.7. The van der Waals surface area contributed by atoms with Crippen LogP contribution in [0.5, 0.6) is 0 Å². The first-order valence-electron chi connectivity index (χ1n) is 13.5. The Hall–Kier alpha value is -3.09. The van der Waals surface area contributed by atoms with Gasteiger partial charge in [-0.25, -0.2) is 0 Å². The Morgan fingerprint density at radius 2 is 1.62 bits per heavy atom. The van der Waals surface area contributed by atoms with Gasteiger partial charge in [0.1, 0.15) is 0 Å². The van der Waals surface area contributed by atoms with Crippen LogP contribution in [0.2, 0.25) is 10.0 Å². The van der Waals surface area contributed by atoms with E-state index in [1.807, 2.05) is 47.4 Å². The first kappa shape index (κ1) is 27.5. The maximum Gasteiger partial charge on any atom is 0.303 e. The quantitative estimate of drug-likeness (QED) is 0.309. The predicted molar refractivity (Wildman–Crippen MR) is 155 cm³/mol. The summed E-state index contributed by atoms with van der Waals surface area (Å²) in [5.41, 5.74) is 1.62. The van der Waals surface area contributed by atoms with Crippen molar-refractivity contribution in [2.24, 2.45) is 5.41 Å². The van der Waals surface area contributed by atoms with Crippen LogP contribution in [0.15, 0.2) is 54.6 Å². The number of amides is 2. The summed E-state index contributed by atoms with van der Waals surface area (Å²) >= 11 is 12.8. The summed E-state index contributed by atoms with van der Waals surface area (Å²) in [4.78, 5) is 40.5. The van der Waals surface area contributed by atoms with Gasteiger partial charge in [-0.1, -0.05) is 78.5 Å². The molecule has 0 bridgehead atoms. The molecule has 204 valence electrons. The Bertz CT molecular complexity index is 1400. The number of hydrogen-bond donors (Lipinski definition) is 2. The number of nitrogens with zero attached hydrogens (tertiary/aromatic N) is 1. The van der Waals surface area contributed by atoms with Gasteiger partial charge >= 0.3 is 5.97 Å². The van der Waals surface area contributed by atoms with E-state index < -0.39 is 17.8 Å². The molecule has 1 spiro atoms. The third-order valence-corrected chi connectivity index (χ3v) is 8.96. The van der Waals surface area contributed by atoms with Crippen molar-refractivity contribution in [3.05, 3.63) is 75.8 Å². The van der Waals surface area contributed by atoms with E-state index in [4.69, 9.17) is 23.2 Å². The van der Waals surface area contributed by atoms with Crippen molar-refractivity contribution in [2.75, 3.05) is 18.4 Å². The fraction of sp³-hybridized carbons (Fsp3) is 0.387. The van der Waals surface area contributed by atoms with E-state index >= 15 is 0 Å². The topological polar surface area (TPSA) is 86.7 Å². The van der Waals surface area contributed by atoms with E-state index in [-0.39, 0.29) is 35.0 Å². The van der Waals surface area contributed by atoms with Gasteiger partial charge in [0.15, 0.2) is 0 Å². The molecular formula is C31H32Cl2N2O4. The molecule has 1 heterocycles. The Kier molecular flexibility index (Phi) is 8.15. The van der Waals surface area contributed by atoms with Crippen molar-refractivity contribution in [3.63, 3.8) is 0 Å². The number of fused-ring (bicyclic) bond motifs is 1. The highest BCUT2D eigenvalue weighted by Gasteiger charge is 2.38. The number of benzene rings is 3. The van der Waals surface area contributed by atoms with E-state index in [1.165, 1.54) is 31.7 Å². The fourth-order valence-corrected chi connectivity index (χ4v) is 6.91. The molecule has 0 radical (unpaired) electrons. The van der Waals surface area contributed by atoms with Crippen LogP contribution in [0.1, 0.15) is 73.2 Å². The van der Waals surface area contributed by atoms with E-state index in [1.54, 1.807) is 6.07 Å². The number of anilines is 1. The van der Waals surface area contributed by atoms with E-state index in [9.17, 15) is 19.5 Å². The van der Waals surface area contributed by atoms with Crippen molar-refractivity contribution in [1.82, 2.24) is 4.90 Å². The van der Waals surface area contributed by atoms with Crippen molar-refractivity contribution in [3.8, 4) is 0 Å². The van der Waals surface area contributed by atoms with Gasteiger partial charge in [0.05, 0.1) is 22.7 Å². The molecule has 5 rings (SSSR count). The molecule has 1 saturated carbocycles. The molecule has 1 aliphatic carbocycles. The molecule has 1 saturated heterocycles. The Morgan fingerprint density at radius 3 is 2.33 bits per heavy atom. The Morgan fingerprint density at radius 1 is 0.923 bits per heavy atom. The molecule has 0 aromatic heterocycles. The summed E-state index contributed by atoms with van der Waals surface area (Å²) in [7, 11) is 0. The van der Waals surface area contributed by atoms with E-state index in [2.05, 4.69) is 5.32 Å². The van der Waals surface area contributed by atoms with E-state index in [0.717, 1.165) is 29.2 Å². The molecule has 8 heteroatoms. The Balaban J connectivity index is 1.37. The highest BCUT2D eigenvalue weighted by atomic mass is 35.5. The van der Waals surface area contributed by atoms with Crippen LogP contribution in [-0.2, 0) is 9.59 Å². The Labute approximate surface area is 238 Å². The molecule has 3 aromatic rings. The molecule has 1 atom stereocenters. The van der Waals surface area contributed by atoms with Gasteiger partial charge in [0.25, 0.3) is 5.91 Å². The number of carboxylic acid groups (broad SMARTS) is 1. The SMILES string of the molecule is O=C(O)CC(CC(=O)Nc1c(Cl)cc(Cl)cc1C(=O)N1CCC2(CCCC2)CC1)c1cccc2ccccc12. The molecule has 1 aliphatic heterocycles. The minimum absolute atomic E-state index is 0.0842. The summed E-state index contributed by atoms with van der Waals surface area (Å²) in [6.07, 6.45) is 6.65. The zero-order valence-electron chi connectivity index (χ0n) is 21.7. The standard InChI is InChI=1S/C31H32Cl2N2O4/c32-22-18-25(30(39)35-14-12-31(13-15-35)10-3-4-11-31)29(26(33)19-22)34-27(36)16-21(17-28(37)38)24-9-5-7-20-6-1-2-8-23(20)24/h1-2,5-9,18-19,21H,3-4,10-17H2,(H,34,36)(H,37,38). The van der Waals surface area contributed by atoms with Crippen LogP contribution in [0.3, 0.4) is 0 Å². The number of carbonyl (C=O) groups is 3. The third kappa shape index (κ3) is 6.07. The zero-order valence-corrected chi connectivity index (χ0v) is 23.2. The van der Waals surface area contributed by atoms with Crippen LogP contribution in [0.4, 0.5) is 5.69 Å².